The Bertz CT molecular complexity index is 1070. The van der Waals surface area contributed by atoms with E-state index in [-0.39, 0.29) is 24.8 Å². The highest BCUT2D eigenvalue weighted by Gasteiger charge is 2.22. The van der Waals surface area contributed by atoms with E-state index >= 15 is 0 Å². The molecule has 0 atom stereocenters. The molecule has 1 fully saturated rings. The summed E-state index contributed by atoms with van der Waals surface area (Å²) in [5.74, 6) is -0.258. The number of benzene rings is 2. The van der Waals surface area contributed by atoms with Crippen molar-refractivity contribution < 1.29 is 14.0 Å². The first-order valence-corrected chi connectivity index (χ1v) is 10.4. The highest BCUT2D eigenvalue weighted by atomic mass is 35.5. The van der Waals surface area contributed by atoms with E-state index in [2.05, 4.69) is 10.2 Å². The van der Waals surface area contributed by atoms with E-state index in [1.165, 1.54) is 0 Å². The van der Waals surface area contributed by atoms with E-state index < -0.39 is 0 Å². The summed E-state index contributed by atoms with van der Waals surface area (Å²) in [7, 11) is 0. The number of carbonyl (C=O) groups excluding carboxylic acids is 2. The van der Waals surface area contributed by atoms with Gasteiger partial charge in [-0.15, -0.1) is 0 Å². The van der Waals surface area contributed by atoms with Gasteiger partial charge in [-0.3, -0.25) is 9.59 Å². The molecular formula is C23H24ClN3O3. The van der Waals surface area contributed by atoms with Gasteiger partial charge in [0.15, 0.2) is 0 Å². The molecule has 0 spiro atoms. The molecule has 1 saturated heterocycles. The molecule has 1 aliphatic heterocycles. The number of aryl methyl sites for hydroxylation is 1. The van der Waals surface area contributed by atoms with Crippen molar-refractivity contribution in [2.45, 2.75) is 13.3 Å². The highest BCUT2D eigenvalue weighted by Crippen LogP contribution is 2.23. The van der Waals surface area contributed by atoms with Gasteiger partial charge >= 0.3 is 0 Å². The summed E-state index contributed by atoms with van der Waals surface area (Å²) < 4.78 is 5.54. The molecule has 156 valence electrons. The van der Waals surface area contributed by atoms with Crippen LogP contribution >= 0.6 is 11.6 Å². The van der Waals surface area contributed by atoms with Crippen LogP contribution in [0.1, 0.15) is 11.1 Å². The summed E-state index contributed by atoms with van der Waals surface area (Å²) >= 11 is 6.07. The van der Waals surface area contributed by atoms with Crippen LogP contribution in [0.3, 0.4) is 0 Å². The molecule has 4 rings (SSSR count). The number of rotatable bonds is 5. The van der Waals surface area contributed by atoms with Crippen LogP contribution in [0.25, 0.3) is 11.0 Å². The maximum absolute atomic E-state index is 12.5. The number of amides is 2. The molecule has 0 saturated carbocycles. The summed E-state index contributed by atoms with van der Waals surface area (Å²) in [5, 5.41) is 4.37. The van der Waals surface area contributed by atoms with Crippen LogP contribution in [0.4, 0.5) is 5.69 Å². The van der Waals surface area contributed by atoms with Crippen molar-refractivity contribution in [2.75, 3.05) is 37.6 Å². The molecule has 1 aromatic heterocycles. The Morgan fingerprint density at radius 1 is 1.10 bits per heavy atom. The number of nitrogens with one attached hydrogen (secondary N) is 1. The van der Waals surface area contributed by atoms with Gasteiger partial charge < -0.3 is 19.5 Å². The zero-order chi connectivity index (χ0) is 21.1. The third kappa shape index (κ3) is 4.60. The van der Waals surface area contributed by atoms with E-state index in [4.69, 9.17) is 16.0 Å². The number of fused-ring (bicyclic) bond motifs is 1. The molecule has 0 radical (unpaired) electrons. The second-order valence-corrected chi connectivity index (χ2v) is 8.00. The first-order valence-electron chi connectivity index (χ1n) is 10.0. The van der Waals surface area contributed by atoms with Gasteiger partial charge in [-0.1, -0.05) is 29.8 Å². The third-order valence-electron chi connectivity index (χ3n) is 5.40. The molecule has 0 aliphatic carbocycles. The van der Waals surface area contributed by atoms with Crippen molar-refractivity contribution in [3.05, 3.63) is 64.9 Å². The largest absolute Gasteiger partial charge is 0.464 e. The van der Waals surface area contributed by atoms with Gasteiger partial charge in [-0.25, -0.2) is 0 Å². The standard InChI is InChI=1S/C23H24ClN3O3/c1-16-5-6-20-17(15-30-21(20)11-16)12-22(28)25-14-23(29)27-9-7-26(8-10-27)19-4-2-3-18(24)13-19/h2-6,11,13,15H,7-10,12,14H2,1H3,(H,25,28). The lowest BCUT2D eigenvalue weighted by Crippen LogP contribution is -2.51. The van der Waals surface area contributed by atoms with Crippen LogP contribution < -0.4 is 10.2 Å². The second-order valence-electron chi connectivity index (χ2n) is 7.56. The van der Waals surface area contributed by atoms with E-state index in [0.29, 0.717) is 18.1 Å². The van der Waals surface area contributed by atoms with Crippen LogP contribution in [-0.4, -0.2) is 49.4 Å². The maximum Gasteiger partial charge on any atom is 0.242 e. The average molecular weight is 426 g/mol. The summed E-state index contributed by atoms with van der Waals surface area (Å²) in [6.45, 7) is 4.71. The Kier molecular flexibility index (Phi) is 5.95. The fourth-order valence-electron chi connectivity index (χ4n) is 3.74. The second kappa shape index (κ2) is 8.79. The van der Waals surface area contributed by atoms with Crippen molar-refractivity contribution in [1.29, 1.82) is 0 Å². The molecule has 1 N–H and O–H groups in total. The van der Waals surface area contributed by atoms with Crippen molar-refractivity contribution >= 4 is 40.1 Å². The van der Waals surface area contributed by atoms with Crippen molar-refractivity contribution in [3.63, 3.8) is 0 Å². The summed E-state index contributed by atoms with van der Waals surface area (Å²) in [4.78, 5) is 28.8. The van der Waals surface area contributed by atoms with Gasteiger partial charge in [0, 0.05) is 47.8 Å². The molecule has 6 nitrogen and oxygen atoms in total. The third-order valence-corrected chi connectivity index (χ3v) is 5.64. The topological polar surface area (TPSA) is 65.8 Å². The predicted octanol–water partition coefficient (Wildman–Crippen LogP) is 3.40. The van der Waals surface area contributed by atoms with E-state index in [1.54, 1.807) is 11.2 Å². The zero-order valence-electron chi connectivity index (χ0n) is 16.9. The van der Waals surface area contributed by atoms with Gasteiger partial charge in [-0.2, -0.15) is 0 Å². The van der Waals surface area contributed by atoms with Crippen LogP contribution in [-0.2, 0) is 16.0 Å². The lowest BCUT2D eigenvalue weighted by molar-refractivity contribution is -0.133. The molecule has 0 unspecified atom stereocenters. The maximum atomic E-state index is 12.5. The number of carbonyl (C=O) groups is 2. The number of furan rings is 1. The lowest BCUT2D eigenvalue weighted by Gasteiger charge is -2.36. The molecular weight excluding hydrogens is 402 g/mol. The molecule has 30 heavy (non-hydrogen) atoms. The lowest BCUT2D eigenvalue weighted by atomic mass is 10.1. The zero-order valence-corrected chi connectivity index (χ0v) is 17.6. The SMILES string of the molecule is Cc1ccc2c(CC(=O)NCC(=O)N3CCN(c4cccc(Cl)c4)CC3)coc2c1. The van der Waals surface area contributed by atoms with Gasteiger partial charge in [0.1, 0.15) is 5.58 Å². The molecule has 2 heterocycles. The summed E-state index contributed by atoms with van der Waals surface area (Å²) in [6.07, 6.45) is 1.80. The Hall–Kier alpha value is -2.99. The summed E-state index contributed by atoms with van der Waals surface area (Å²) in [5.41, 5.74) is 3.76. The smallest absolute Gasteiger partial charge is 0.242 e. The minimum atomic E-state index is -0.191. The average Bonchev–Trinajstić information content (AvgIpc) is 3.13. The van der Waals surface area contributed by atoms with Gasteiger partial charge in [0.05, 0.1) is 19.2 Å². The predicted molar refractivity (Wildman–Crippen MR) is 118 cm³/mol. The van der Waals surface area contributed by atoms with Crippen molar-refractivity contribution in [1.82, 2.24) is 10.2 Å². The molecule has 7 heteroatoms. The Labute approximate surface area is 180 Å². The molecule has 3 aromatic rings. The monoisotopic (exact) mass is 425 g/mol. The number of nitrogens with zero attached hydrogens (tertiary/aromatic N) is 2. The van der Waals surface area contributed by atoms with Gasteiger partial charge in [0.25, 0.3) is 0 Å². The van der Waals surface area contributed by atoms with E-state index in [9.17, 15) is 9.59 Å². The number of halogens is 1. The Morgan fingerprint density at radius 3 is 2.67 bits per heavy atom. The summed E-state index contributed by atoms with van der Waals surface area (Å²) in [6, 6.07) is 13.6. The fourth-order valence-corrected chi connectivity index (χ4v) is 3.92. The Balaban J connectivity index is 1.26. The quantitative estimate of drug-likeness (QED) is 0.680. The first kappa shape index (κ1) is 20.3. The first-order chi connectivity index (χ1) is 14.5. The van der Waals surface area contributed by atoms with E-state index in [0.717, 1.165) is 40.9 Å². The van der Waals surface area contributed by atoms with Gasteiger partial charge in [-0.05, 0) is 36.8 Å². The molecule has 2 amide bonds. The molecule has 2 aromatic carbocycles. The number of piperazine rings is 1. The Morgan fingerprint density at radius 2 is 1.90 bits per heavy atom. The van der Waals surface area contributed by atoms with Crippen LogP contribution in [0.5, 0.6) is 0 Å². The minimum absolute atomic E-state index is 0.00485. The molecule has 0 bridgehead atoms. The molecule has 1 aliphatic rings. The van der Waals surface area contributed by atoms with Crippen molar-refractivity contribution in [2.24, 2.45) is 0 Å². The van der Waals surface area contributed by atoms with Crippen LogP contribution in [0.15, 0.2) is 53.1 Å². The van der Waals surface area contributed by atoms with Crippen molar-refractivity contribution in [3.8, 4) is 0 Å². The number of anilines is 1. The normalized spacial score (nSPS) is 14.2. The van der Waals surface area contributed by atoms with E-state index in [1.807, 2.05) is 49.4 Å². The minimum Gasteiger partial charge on any atom is -0.464 e. The number of hydrogen-bond acceptors (Lipinski definition) is 4. The fraction of sp³-hybridized carbons (Fsp3) is 0.304. The number of hydrogen-bond donors (Lipinski definition) is 1. The highest BCUT2D eigenvalue weighted by molar-refractivity contribution is 6.30. The van der Waals surface area contributed by atoms with Crippen LogP contribution in [0, 0.1) is 6.92 Å². The van der Waals surface area contributed by atoms with Gasteiger partial charge in [0.2, 0.25) is 11.8 Å². The van der Waals surface area contributed by atoms with Crippen LogP contribution in [0.2, 0.25) is 5.02 Å².